The summed E-state index contributed by atoms with van der Waals surface area (Å²) < 4.78 is 11.7. The normalized spacial score (nSPS) is 51.0. The Kier molecular flexibility index (Phi) is 9.33. The second kappa shape index (κ2) is 11.9. The van der Waals surface area contributed by atoms with E-state index >= 15 is 0 Å². The molecule has 0 unspecified atom stereocenters. The third kappa shape index (κ3) is 5.24. The molecule has 0 spiro atoms. The smallest absolute Gasteiger partial charge is 0.187 e. The number of hydrogen-bond donors (Lipinski definition) is 7. The Balaban J connectivity index is 1.28. The van der Waals surface area contributed by atoms with Gasteiger partial charge in [0.25, 0.3) is 0 Å². The maximum absolute atomic E-state index is 13.8. The molecule has 0 aromatic carbocycles. The Morgan fingerprint density at radius 2 is 1.64 bits per heavy atom. The molecule has 0 radical (unpaired) electrons. The number of allylic oxidation sites excluding steroid dienone is 1. The van der Waals surface area contributed by atoms with Crippen LogP contribution in [0.1, 0.15) is 86.5 Å². The fourth-order valence-electron chi connectivity index (χ4n) is 10.2. The van der Waals surface area contributed by atoms with Gasteiger partial charge in [-0.05, 0) is 81.5 Å². The number of fused-ring (bicyclic) bond motifs is 5. The van der Waals surface area contributed by atoms with Gasteiger partial charge in [-0.15, -0.1) is 0 Å². The van der Waals surface area contributed by atoms with Gasteiger partial charge in [0.2, 0.25) is 0 Å². The molecule has 10 nitrogen and oxygen atoms in total. The van der Waals surface area contributed by atoms with Crippen LogP contribution < -0.4 is 0 Å². The summed E-state index contributed by atoms with van der Waals surface area (Å²) in [5, 5.41) is 73.6. The predicted octanol–water partition coefficient (Wildman–Crippen LogP) is 1.69. The molecule has 5 aliphatic rings. The molecule has 1 saturated heterocycles. The number of carbonyl (C=O) groups excluding carboxylic acids is 1. The Morgan fingerprint density at radius 1 is 0.955 bits per heavy atom. The van der Waals surface area contributed by atoms with E-state index in [2.05, 4.69) is 26.0 Å². The van der Waals surface area contributed by atoms with E-state index < -0.39 is 66.1 Å². The van der Waals surface area contributed by atoms with Crippen LogP contribution in [-0.4, -0.2) is 102 Å². The molecule has 0 amide bonds. The molecule has 0 aromatic rings. The van der Waals surface area contributed by atoms with Gasteiger partial charge in [-0.3, -0.25) is 4.79 Å². The molecule has 4 saturated carbocycles. The maximum Gasteiger partial charge on any atom is 0.187 e. The SMILES string of the molecule is C[C@H](/C=C/[C@H](C)C(C)(C)O[C@@H]1O[C@H](CO)[C@@H](O)[C@H](O)[C@@H]1O)[C@H]1CC[C@H]2[C@@H]3C(=O)[C@@H](O)[C@@]4(O)C[C@@H](O)CC[C@]4(C)[C@H]3CC[C@]12C. The van der Waals surface area contributed by atoms with Gasteiger partial charge in [-0.2, -0.15) is 0 Å². The average Bonchev–Trinajstić information content (AvgIpc) is 3.33. The summed E-state index contributed by atoms with van der Waals surface area (Å²) in [5.74, 6) is -0.0156. The standard InChI is InChI=1S/C34H56O10/c1-17(7-8-18(2)31(3,4)44-30-28(40)27(39)25(37)23(16-35)43-30)20-9-10-21-24-22(12-13-32(20,21)5)33(6)14-11-19(36)15-34(33,42)29(41)26(24)38/h7-8,17-25,27-30,35-37,39-42H,9-16H2,1-6H3/b8-7+/t17-,18+,19+,20-,21+,22+,23-,24+,25-,27+,28+,29-,30+,32-,33-,34+/m1/s1. The van der Waals surface area contributed by atoms with E-state index in [-0.39, 0.29) is 47.2 Å². The highest BCUT2D eigenvalue weighted by atomic mass is 16.7. The number of rotatable bonds is 7. The van der Waals surface area contributed by atoms with Crippen LogP contribution in [0.15, 0.2) is 12.2 Å². The fourth-order valence-corrected chi connectivity index (χ4v) is 10.2. The second-order valence-electron chi connectivity index (χ2n) is 16.0. The molecule has 10 heteroatoms. The van der Waals surface area contributed by atoms with Gasteiger partial charge in [-0.25, -0.2) is 0 Å². The molecule has 4 aliphatic carbocycles. The second-order valence-corrected chi connectivity index (χ2v) is 16.0. The quantitative estimate of drug-likeness (QED) is 0.206. The molecule has 0 bridgehead atoms. The van der Waals surface area contributed by atoms with Crippen LogP contribution in [-0.2, 0) is 14.3 Å². The van der Waals surface area contributed by atoms with Crippen molar-refractivity contribution < 1.29 is 50.0 Å². The zero-order valence-corrected chi connectivity index (χ0v) is 27.2. The molecule has 7 N–H and O–H groups in total. The van der Waals surface area contributed by atoms with E-state index in [0.717, 1.165) is 25.7 Å². The minimum Gasteiger partial charge on any atom is -0.394 e. The molecule has 1 aliphatic heterocycles. The molecule has 44 heavy (non-hydrogen) atoms. The Morgan fingerprint density at radius 3 is 2.30 bits per heavy atom. The molecule has 0 aromatic heterocycles. The molecule has 16 atom stereocenters. The van der Waals surface area contributed by atoms with Crippen LogP contribution in [0.5, 0.6) is 0 Å². The van der Waals surface area contributed by atoms with Crippen molar-refractivity contribution >= 4 is 5.78 Å². The van der Waals surface area contributed by atoms with Crippen LogP contribution in [0.25, 0.3) is 0 Å². The highest BCUT2D eigenvalue weighted by Gasteiger charge is 2.70. The first-order chi connectivity index (χ1) is 20.4. The number of carbonyl (C=O) groups is 1. The zero-order valence-electron chi connectivity index (χ0n) is 27.2. The number of hydrogen-bond acceptors (Lipinski definition) is 10. The van der Waals surface area contributed by atoms with Gasteiger partial charge in [0.1, 0.15) is 36.1 Å². The van der Waals surface area contributed by atoms with Crippen LogP contribution in [0.2, 0.25) is 0 Å². The summed E-state index contributed by atoms with van der Waals surface area (Å²) in [5.41, 5.74) is -3.11. The molecule has 252 valence electrons. The Bertz CT molecular complexity index is 1090. The molecular formula is C34H56O10. The molecule has 1 heterocycles. The van der Waals surface area contributed by atoms with Gasteiger partial charge in [-0.1, -0.05) is 39.8 Å². The van der Waals surface area contributed by atoms with Crippen molar-refractivity contribution in [2.75, 3.05) is 6.61 Å². The third-order valence-electron chi connectivity index (χ3n) is 13.4. The van der Waals surface area contributed by atoms with Crippen LogP contribution >= 0.6 is 0 Å². The summed E-state index contributed by atoms with van der Waals surface area (Å²) in [7, 11) is 0. The summed E-state index contributed by atoms with van der Waals surface area (Å²) in [6, 6.07) is 0. The summed E-state index contributed by atoms with van der Waals surface area (Å²) in [6.07, 6.45) is 0.291. The summed E-state index contributed by atoms with van der Waals surface area (Å²) in [4.78, 5) is 13.8. The minimum absolute atomic E-state index is 0.0148. The lowest BCUT2D eigenvalue weighted by molar-refractivity contribution is -0.326. The summed E-state index contributed by atoms with van der Waals surface area (Å²) in [6.45, 7) is 11.8. The van der Waals surface area contributed by atoms with Crippen molar-refractivity contribution in [2.24, 2.45) is 46.3 Å². The number of ketones is 1. The Labute approximate surface area is 261 Å². The minimum atomic E-state index is -1.59. The van der Waals surface area contributed by atoms with Crippen LogP contribution in [0.3, 0.4) is 0 Å². The highest BCUT2D eigenvalue weighted by Crippen LogP contribution is 2.68. The van der Waals surface area contributed by atoms with Crippen LogP contribution in [0, 0.1) is 46.3 Å². The number of Topliss-reactive ketones (excluding diaryl/α,β-unsaturated/α-hetero) is 1. The average molecular weight is 625 g/mol. The van der Waals surface area contributed by atoms with Crippen molar-refractivity contribution in [3.05, 3.63) is 12.2 Å². The number of ether oxygens (including phenoxy) is 2. The lowest BCUT2D eigenvalue weighted by atomic mass is 9.42. The van der Waals surface area contributed by atoms with Crippen LogP contribution in [0.4, 0.5) is 0 Å². The topological polar surface area (TPSA) is 177 Å². The largest absolute Gasteiger partial charge is 0.394 e. The van der Waals surface area contributed by atoms with E-state index in [0.29, 0.717) is 18.8 Å². The van der Waals surface area contributed by atoms with Crippen molar-refractivity contribution in [3.8, 4) is 0 Å². The van der Waals surface area contributed by atoms with E-state index in [1.54, 1.807) is 0 Å². The first kappa shape index (κ1) is 34.4. The first-order valence-electron chi connectivity index (χ1n) is 16.7. The number of aliphatic hydroxyl groups is 7. The molecule has 5 rings (SSSR count). The number of aliphatic hydroxyl groups excluding tert-OH is 6. The third-order valence-corrected chi connectivity index (χ3v) is 13.4. The van der Waals surface area contributed by atoms with E-state index in [4.69, 9.17) is 9.47 Å². The van der Waals surface area contributed by atoms with Gasteiger partial charge in [0.05, 0.1) is 18.3 Å². The van der Waals surface area contributed by atoms with E-state index in [1.807, 2.05) is 27.7 Å². The lowest BCUT2D eigenvalue weighted by Crippen LogP contribution is -2.72. The van der Waals surface area contributed by atoms with Gasteiger partial charge in [0, 0.05) is 23.7 Å². The molecule has 5 fully saturated rings. The van der Waals surface area contributed by atoms with Crippen molar-refractivity contribution in [3.63, 3.8) is 0 Å². The van der Waals surface area contributed by atoms with E-state index in [9.17, 15) is 40.5 Å². The highest BCUT2D eigenvalue weighted by molar-refractivity contribution is 5.89. The van der Waals surface area contributed by atoms with Crippen molar-refractivity contribution in [1.29, 1.82) is 0 Å². The van der Waals surface area contributed by atoms with E-state index in [1.165, 1.54) is 0 Å². The molecular weight excluding hydrogens is 568 g/mol. The monoisotopic (exact) mass is 624 g/mol. The van der Waals surface area contributed by atoms with Crippen molar-refractivity contribution in [2.45, 2.75) is 141 Å². The van der Waals surface area contributed by atoms with Gasteiger partial charge in [0.15, 0.2) is 12.1 Å². The zero-order chi connectivity index (χ0) is 32.6. The maximum atomic E-state index is 13.8. The predicted molar refractivity (Wildman–Crippen MR) is 161 cm³/mol. The summed E-state index contributed by atoms with van der Waals surface area (Å²) >= 11 is 0. The van der Waals surface area contributed by atoms with Gasteiger partial charge < -0.3 is 45.2 Å². The lowest BCUT2D eigenvalue weighted by Gasteiger charge is -2.64. The van der Waals surface area contributed by atoms with Crippen molar-refractivity contribution in [1.82, 2.24) is 0 Å². The van der Waals surface area contributed by atoms with Gasteiger partial charge >= 0.3 is 0 Å². The first-order valence-corrected chi connectivity index (χ1v) is 16.7. The Hall–Kier alpha value is -0.950. The fraction of sp³-hybridized carbons (Fsp3) is 0.912.